The summed E-state index contributed by atoms with van der Waals surface area (Å²) in [7, 11) is 0. The molecule has 2 nitrogen and oxygen atoms in total. The van der Waals surface area contributed by atoms with Crippen molar-refractivity contribution in [3.05, 3.63) is 0 Å². The quantitative estimate of drug-likeness (QED) is 0.485. The van der Waals surface area contributed by atoms with Crippen molar-refractivity contribution in [3.8, 4) is 0 Å². The topological polar surface area (TPSA) is 24.7 Å². The monoisotopic (exact) mass is 138 g/mol. The molecule has 1 atom stereocenters. The van der Waals surface area contributed by atoms with Gasteiger partial charge in [-0.15, -0.1) is 0 Å². The largest absolute Gasteiger partial charge is 0.289 e. The molecule has 0 bridgehead atoms. The Morgan fingerprint density at radius 2 is 2.00 bits per heavy atom. The summed E-state index contributed by atoms with van der Waals surface area (Å²) in [5.41, 5.74) is 0.258. The van der Waals surface area contributed by atoms with Gasteiger partial charge in [0, 0.05) is 12.4 Å². The highest BCUT2D eigenvalue weighted by Crippen LogP contribution is 2.22. The highest BCUT2D eigenvalue weighted by Gasteiger charge is 2.23. The van der Waals surface area contributed by atoms with Gasteiger partial charge in [0.05, 0.1) is 12.6 Å². The molecule has 1 aliphatic heterocycles. The standard InChI is InChI=1S/C8H14N2/c1-8(2,3)7-6-9-4-5-10-7/h4-5,7H,6H2,1-3H3. The van der Waals surface area contributed by atoms with Crippen LogP contribution in [0, 0.1) is 5.41 Å². The van der Waals surface area contributed by atoms with Gasteiger partial charge in [0.15, 0.2) is 0 Å². The van der Waals surface area contributed by atoms with Crippen LogP contribution in [0.3, 0.4) is 0 Å². The lowest BCUT2D eigenvalue weighted by atomic mass is 9.87. The van der Waals surface area contributed by atoms with Gasteiger partial charge in [-0.25, -0.2) is 0 Å². The van der Waals surface area contributed by atoms with Crippen molar-refractivity contribution >= 4 is 12.4 Å². The van der Waals surface area contributed by atoms with Gasteiger partial charge in [-0.05, 0) is 5.41 Å². The van der Waals surface area contributed by atoms with Gasteiger partial charge < -0.3 is 0 Å². The third-order valence-electron chi connectivity index (χ3n) is 1.72. The molecule has 0 amide bonds. The van der Waals surface area contributed by atoms with Gasteiger partial charge in [-0.1, -0.05) is 20.8 Å². The van der Waals surface area contributed by atoms with Crippen LogP contribution in [0.4, 0.5) is 0 Å². The van der Waals surface area contributed by atoms with Crippen LogP contribution in [-0.2, 0) is 0 Å². The molecule has 0 aromatic rings. The summed E-state index contributed by atoms with van der Waals surface area (Å²) >= 11 is 0. The van der Waals surface area contributed by atoms with E-state index < -0.39 is 0 Å². The minimum atomic E-state index is 0.258. The van der Waals surface area contributed by atoms with Crippen molar-refractivity contribution in [1.29, 1.82) is 0 Å². The summed E-state index contributed by atoms with van der Waals surface area (Å²) in [5, 5.41) is 0. The molecule has 0 aromatic heterocycles. The van der Waals surface area contributed by atoms with E-state index in [1.807, 2.05) is 0 Å². The predicted molar refractivity (Wildman–Crippen MR) is 45.1 cm³/mol. The Kier molecular flexibility index (Phi) is 1.88. The summed E-state index contributed by atoms with van der Waals surface area (Å²) in [6.07, 6.45) is 3.56. The molecule has 0 aromatic carbocycles. The number of hydrogen-bond donors (Lipinski definition) is 0. The van der Waals surface area contributed by atoms with Crippen LogP contribution in [-0.4, -0.2) is 25.0 Å². The molecule has 0 fully saturated rings. The van der Waals surface area contributed by atoms with Crippen molar-refractivity contribution in [1.82, 2.24) is 0 Å². The molecule has 0 aliphatic carbocycles. The summed E-state index contributed by atoms with van der Waals surface area (Å²) in [6, 6.07) is 0.373. The number of aliphatic imine (C=N–C) groups is 2. The van der Waals surface area contributed by atoms with Crippen molar-refractivity contribution in [2.75, 3.05) is 6.54 Å². The van der Waals surface area contributed by atoms with E-state index in [0.29, 0.717) is 6.04 Å². The Morgan fingerprint density at radius 3 is 2.30 bits per heavy atom. The van der Waals surface area contributed by atoms with Crippen LogP contribution < -0.4 is 0 Å². The van der Waals surface area contributed by atoms with Gasteiger partial charge in [-0.2, -0.15) is 0 Å². The molecular formula is C8H14N2. The van der Waals surface area contributed by atoms with Gasteiger partial charge >= 0.3 is 0 Å². The average Bonchev–Trinajstić information content (AvgIpc) is 1.88. The second kappa shape index (κ2) is 2.52. The molecule has 0 radical (unpaired) electrons. The zero-order valence-corrected chi connectivity index (χ0v) is 6.83. The maximum atomic E-state index is 4.33. The van der Waals surface area contributed by atoms with Gasteiger partial charge in [0.25, 0.3) is 0 Å². The fraction of sp³-hybridized carbons (Fsp3) is 0.750. The number of nitrogens with zero attached hydrogens (tertiary/aromatic N) is 2. The van der Waals surface area contributed by atoms with E-state index in [0.717, 1.165) is 6.54 Å². The fourth-order valence-electron chi connectivity index (χ4n) is 0.895. The lowest BCUT2D eigenvalue weighted by Crippen LogP contribution is -2.29. The average molecular weight is 138 g/mol. The second-order valence-electron chi connectivity index (χ2n) is 3.69. The SMILES string of the molecule is CC(C)(C)C1CN=CC=N1. The summed E-state index contributed by atoms with van der Waals surface area (Å²) < 4.78 is 0. The second-order valence-corrected chi connectivity index (χ2v) is 3.69. The molecule has 10 heavy (non-hydrogen) atoms. The van der Waals surface area contributed by atoms with Crippen molar-refractivity contribution in [3.63, 3.8) is 0 Å². The first-order chi connectivity index (χ1) is 4.61. The van der Waals surface area contributed by atoms with E-state index in [9.17, 15) is 0 Å². The zero-order chi connectivity index (χ0) is 7.61. The summed E-state index contributed by atoms with van der Waals surface area (Å²) in [5.74, 6) is 0. The lowest BCUT2D eigenvalue weighted by Gasteiger charge is -2.26. The highest BCUT2D eigenvalue weighted by molar-refractivity contribution is 6.16. The third kappa shape index (κ3) is 1.66. The van der Waals surface area contributed by atoms with Crippen LogP contribution in [0.1, 0.15) is 20.8 Å². The van der Waals surface area contributed by atoms with Crippen molar-refractivity contribution in [2.45, 2.75) is 26.8 Å². The minimum Gasteiger partial charge on any atom is -0.289 e. The minimum absolute atomic E-state index is 0.258. The predicted octanol–water partition coefficient (Wildman–Crippen LogP) is 1.56. The lowest BCUT2D eigenvalue weighted by molar-refractivity contribution is 0.328. The molecule has 2 heteroatoms. The van der Waals surface area contributed by atoms with E-state index in [-0.39, 0.29) is 5.41 Å². The molecule has 1 unspecified atom stereocenters. The first kappa shape index (κ1) is 7.45. The van der Waals surface area contributed by atoms with E-state index >= 15 is 0 Å². The Bertz CT molecular complexity index is 163. The van der Waals surface area contributed by atoms with E-state index in [2.05, 4.69) is 30.8 Å². The van der Waals surface area contributed by atoms with Gasteiger partial charge in [0.1, 0.15) is 0 Å². The summed E-state index contributed by atoms with van der Waals surface area (Å²) in [4.78, 5) is 8.48. The van der Waals surface area contributed by atoms with Crippen molar-refractivity contribution < 1.29 is 0 Å². The molecule has 1 rings (SSSR count). The Hall–Kier alpha value is -0.660. The van der Waals surface area contributed by atoms with Gasteiger partial charge in [0.2, 0.25) is 0 Å². The highest BCUT2D eigenvalue weighted by atomic mass is 14.9. The third-order valence-corrected chi connectivity index (χ3v) is 1.72. The molecule has 0 N–H and O–H groups in total. The first-order valence-electron chi connectivity index (χ1n) is 3.62. The van der Waals surface area contributed by atoms with E-state index in [1.54, 1.807) is 12.4 Å². The molecule has 1 heterocycles. The van der Waals surface area contributed by atoms with Crippen LogP contribution >= 0.6 is 0 Å². The van der Waals surface area contributed by atoms with Crippen LogP contribution in [0.2, 0.25) is 0 Å². The van der Waals surface area contributed by atoms with Crippen molar-refractivity contribution in [2.24, 2.45) is 15.4 Å². The van der Waals surface area contributed by atoms with Crippen LogP contribution in [0.25, 0.3) is 0 Å². The molecular weight excluding hydrogens is 124 g/mol. The smallest absolute Gasteiger partial charge is 0.0743 e. The van der Waals surface area contributed by atoms with E-state index in [4.69, 9.17) is 0 Å². The van der Waals surface area contributed by atoms with Crippen LogP contribution in [0.15, 0.2) is 9.98 Å². The normalized spacial score (nSPS) is 25.3. The van der Waals surface area contributed by atoms with Gasteiger partial charge in [-0.3, -0.25) is 9.98 Å². The number of rotatable bonds is 0. The molecule has 0 spiro atoms. The zero-order valence-electron chi connectivity index (χ0n) is 6.83. The maximum Gasteiger partial charge on any atom is 0.0743 e. The fourth-order valence-corrected chi connectivity index (χ4v) is 0.895. The molecule has 0 saturated heterocycles. The molecule has 1 aliphatic rings. The molecule has 56 valence electrons. The van der Waals surface area contributed by atoms with E-state index in [1.165, 1.54) is 0 Å². The Balaban J connectivity index is 2.60. The summed E-state index contributed by atoms with van der Waals surface area (Å²) in [6.45, 7) is 7.42. The Labute approximate surface area is 62.1 Å². The first-order valence-corrected chi connectivity index (χ1v) is 3.62. The maximum absolute atomic E-state index is 4.33. The number of hydrogen-bond acceptors (Lipinski definition) is 2. The molecule has 0 saturated carbocycles. The van der Waals surface area contributed by atoms with Crippen LogP contribution in [0.5, 0.6) is 0 Å². The Morgan fingerprint density at radius 1 is 1.30 bits per heavy atom.